The minimum Gasteiger partial charge on any atom is -0.394 e. The van der Waals surface area contributed by atoms with Gasteiger partial charge in [0.05, 0.1) is 19.8 Å². The molecule has 1 saturated heterocycles. The molecule has 7 nitrogen and oxygen atoms in total. The Morgan fingerprint density at radius 2 is 2.44 bits per heavy atom. The first-order valence-corrected chi connectivity index (χ1v) is 5.93. The Morgan fingerprint density at radius 1 is 1.50 bits per heavy atom. The molecule has 3 rings (SSSR count). The molecule has 0 unspecified atom stereocenters. The molecule has 0 aromatic carbocycles. The summed E-state index contributed by atoms with van der Waals surface area (Å²) in [7, 11) is 0. The first-order valence-electron chi connectivity index (χ1n) is 5.93. The summed E-state index contributed by atoms with van der Waals surface area (Å²) in [6.07, 6.45) is 2.57. The molecular weight excluding hydrogens is 236 g/mol. The van der Waals surface area contributed by atoms with E-state index in [1.165, 1.54) is 0 Å². The highest BCUT2D eigenvalue weighted by molar-refractivity contribution is 5.46. The van der Waals surface area contributed by atoms with Crippen LogP contribution in [0.1, 0.15) is 18.2 Å². The SMILES string of the molecule is OCCn1nccc1-c1nc([C@H]2CCOC2)no1. The molecule has 0 amide bonds. The van der Waals surface area contributed by atoms with Gasteiger partial charge in [-0.25, -0.2) is 0 Å². The van der Waals surface area contributed by atoms with Gasteiger partial charge in [-0.3, -0.25) is 4.68 Å². The second-order valence-electron chi connectivity index (χ2n) is 4.18. The van der Waals surface area contributed by atoms with Crippen molar-refractivity contribution in [1.82, 2.24) is 19.9 Å². The smallest absolute Gasteiger partial charge is 0.276 e. The van der Waals surface area contributed by atoms with Crippen LogP contribution in [-0.4, -0.2) is 44.8 Å². The predicted molar refractivity (Wildman–Crippen MR) is 60.8 cm³/mol. The minimum atomic E-state index is 0.0200. The average molecular weight is 250 g/mol. The van der Waals surface area contributed by atoms with E-state index in [1.54, 1.807) is 16.9 Å². The Hall–Kier alpha value is -1.73. The van der Waals surface area contributed by atoms with Gasteiger partial charge < -0.3 is 14.4 Å². The summed E-state index contributed by atoms with van der Waals surface area (Å²) in [6, 6.07) is 1.79. The quantitative estimate of drug-likeness (QED) is 0.846. The normalized spacial score (nSPS) is 19.5. The second-order valence-corrected chi connectivity index (χ2v) is 4.18. The lowest BCUT2D eigenvalue weighted by Gasteiger charge is -2.00. The molecule has 0 bridgehead atoms. The highest BCUT2D eigenvalue weighted by Crippen LogP contribution is 2.25. The Kier molecular flexibility index (Phi) is 3.07. The molecule has 0 radical (unpaired) electrons. The zero-order chi connectivity index (χ0) is 12.4. The Balaban J connectivity index is 1.85. The second kappa shape index (κ2) is 4.87. The van der Waals surface area contributed by atoms with Gasteiger partial charge >= 0.3 is 0 Å². The van der Waals surface area contributed by atoms with Crippen LogP contribution in [-0.2, 0) is 11.3 Å². The first kappa shape index (κ1) is 11.4. The van der Waals surface area contributed by atoms with Crippen molar-refractivity contribution < 1.29 is 14.4 Å². The van der Waals surface area contributed by atoms with E-state index in [-0.39, 0.29) is 12.5 Å². The molecule has 2 aromatic rings. The van der Waals surface area contributed by atoms with Crippen LogP contribution in [0.25, 0.3) is 11.6 Å². The summed E-state index contributed by atoms with van der Waals surface area (Å²) < 4.78 is 12.2. The maximum atomic E-state index is 8.94. The third-order valence-corrected chi connectivity index (χ3v) is 2.98. The molecule has 0 aliphatic carbocycles. The lowest BCUT2D eigenvalue weighted by atomic mass is 10.1. The predicted octanol–water partition coefficient (Wildman–Crippen LogP) is 0.429. The van der Waals surface area contributed by atoms with Crippen LogP contribution >= 0.6 is 0 Å². The summed E-state index contributed by atoms with van der Waals surface area (Å²) in [5.41, 5.74) is 0.724. The van der Waals surface area contributed by atoms with Gasteiger partial charge in [0.1, 0.15) is 5.69 Å². The number of aromatic nitrogens is 4. The highest BCUT2D eigenvalue weighted by Gasteiger charge is 2.24. The molecular formula is C11H14N4O3. The first-order chi connectivity index (χ1) is 8.88. The van der Waals surface area contributed by atoms with Gasteiger partial charge in [0.25, 0.3) is 5.89 Å². The Morgan fingerprint density at radius 3 is 3.22 bits per heavy atom. The summed E-state index contributed by atoms with van der Waals surface area (Å²) in [4.78, 5) is 4.38. The van der Waals surface area contributed by atoms with Crippen molar-refractivity contribution in [3.63, 3.8) is 0 Å². The van der Waals surface area contributed by atoms with Gasteiger partial charge in [-0.15, -0.1) is 0 Å². The molecule has 0 spiro atoms. The lowest BCUT2D eigenvalue weighted by Crippen LogP contribution is -2.05. The third-order valence-electron chi connectivity index (χ3n) is 2.98. The van der Waals surface area contributed by atoms with Gasteiger partial charge in [0.2, 0.25) is 0 Å². The van der Waals surface area contributed by atoms with E-state index < -0.39 is 0 Å². The lowest BCUT2D eigenvalue weighted by molar-refractivity contribution is 0.192. The summed E-state index contributed by atoms with van der Waals surface area (Å²) in [5, 5.41) is 17.0. The number of hydrogen-bond acceptors (Lipinski definition) is 6. The number of rotatable bonds is 4. The average Bonchev–Trinajstić information content (AvgIpc) is 3.10. The monoisotopic (exact) mass is 250 g/mol. The standard InChI is InChI=1S/C11H14N4O3/c16-5-4-15-9(1-3-12-15)11-13-10(14-18-11)8-2-6-17-7-8/h1,3,8,16H,2,4-7H2/t8-/m0/s1. The van der Waals surface area contributed by atoms with Gasteiger partial charge in [0.15, 0.2) is 5.82 Å². The van der Waals surface area contributed by atoms with Crippen LogP contribution in [0.2, 0.25) is 0 Å². The Bertz CT molecular complexity index is 516. The molecule has 1 N–H and O–H groups in total. The third kappa shape index (κ3) is 2.02. The number of aliphatic hydroxyl groups excluding tert-OH is 1. The van der Waals surface area contributed by atoms with E-state index in [1.807, 2.05) is 0 Å². The fourth-order valence-corrected chi connectivity index (χ4v) is 2.03. The molecule has 1 aliphatic heterocycles. The van der Waals surface area contributed by atoms with Crippen molar-refractivity contribution in [3.8, 4) is 11.6 Å². The van der Waals surface area contributed by atoms with Crippen molar-refractivity contribution >= 4 is 0 Å². The van der Waals surface area contributed by atoms with Gasteiger partial charge in [-0.1, -0.05) is 5.16 Å². The van der Waals surface area contributed by atoms with E-state index in [9.17, 15) is 0 Å². The summed E-state index contributed by atoms with van der Waals surface area (Å²) >= 11 is 0. The Labute approximate surface area is 103 Å². The fourth-order valence-electron chi connectivity index (χ4n) is 2.03. The van der Waals surface area contributed by atoms with E-state index in [0.717, 1.165) is 18.7 Å². The summed E-state index contributed by atoms with van der Waals surface area (Å²) in [6.45, 7) is 1.82. The van der Waals surface area contributed by atoms with E-state index in [0.29, 0.717) is 24.9 Å². The molecule has 0 saturated carbocycles. The topological polar surface area (TPSA) is 86.2 Å². The van der Waals surface area contributed by atoms with Crippen molar-refractivity contribution in [2.75, 3.05) is 19.8 Å². The van der Waals surface area contributed by atoms with Crippen LogP contribution in [0.15, 0.2) is 16.8 Å². The van der Waals surface area contributed by atoms with Crippen molar-refractivity contribution in [2.45, 2.75) is 18.9 Å². The highest BCUT2D eigenvalue weighted by atomic mass is 16.5. The number of aliphatic hydroxyl groups is 1. The van der Waals surface area contributed by atoms with Crippen molar-refractivity contribution in [3.05, 3.63) is 18.1 Å². The molecule has 7 heteroatoms. The van der Waals surface area contributed by atoms with Gasteiger partial charge in [-0.05, 0) is 12.5 Å². The van der Waals surface area contributed by atoms with Crippen molar-refractivity contribution in [2.24, 2.45) is 0 Å². The molecule has 18 heavy (non-hydrogen) atoms. The number of nitrogens with zero attached hydrogens (tertiary/aromatic N) is 4. The molecule has 1 atom stereocenters. The van der Waals surface area contributed by atoms with Crippen molar-refractivity contribution in [1.29, 1.82) is 0 Å². The van der Waals surface area contributed by atoms with Crippen LogP contribution in [0.5, 0.6) is 0 Å². The molecule has 96 valence electrons. The molecule has 3 heterocycles. The number of hydrogen-bond donors (Lipinski definition) is 1. The van der Waals surface area contributed by atoms with E-state index >= 15 is 0 Å². The number of ether oxygens (including phenoxy) is 1. The van der Waals surface area contributed by atoms with E-state index in [2.05, 4.69) is 15.2 Å². The van der Waals surface area contributed by atoms with Crippen LogP contribution in [0, 0.1) is 0 Å². The summed E-state index contributed by atoms with van der Waals surface area (Å²) in [5.74, 6) is 1.33. The maximum absolute atomic E-state index is 8.94. The largest absolute Gasteiger partial charge is 0.394 e. The van der Waals surface area contributed by atoms with Crippen LogP contribution in [0.3, 0.4) is 0 Å². The van der Waals surface area contributed by atoms with Crippen LogP contribution < -0.4 is 0 Å². The van der Waals surface area contributed by atoms with Gasteiger partial charge in [0, 0.05) is 18.7 Å². The molecule has 1 aliphatic rings. The molecule has 2 aromatic heterocycles. The van der Waals surface area contributed by atoms with E-state index in [4.69, 9.17) is 14.4 Å². The maximum Gasteiger partial charge on any atom is 0.276 e. The fraction of sp³-hybridized carbons (Fsp3) is 0.545. The zero-order valence-corrected chi connectivity index (χ0v) is 9.82. The zero-order valence-electron chi connectivity index (χ0n) is 9.82. The molecule has 1 fully saturated rings. The van der Waals surface area contributed by atoms with Crippen LogP contribution in [0.4, 0.5) is 0 Å². The minimum absolute atomic E-state index is 0.0200. The van der Waals surface area contributed by atoms with Gasteiger partial charge in [-0.2, -0.15) is 10.1 Å².